The van der Waals surface area contributed by atoms with Gasteiger partial charge in [-0.2, -0.15) is 0 Å². The number of benzene rings is 1. The van der Waals surface area contributed by atoms with Crippen LogP contribution in [0.3, 0.4) is 0 Å². The molecular weight excluding hydrogens is 239 g/mol. The number of hydrogen-bond acceptors (Lipinski definition) is 1. The van der Waals surface area contributed by atoms with Gasteiger partial charge in [0.1, 0.15) is 5.82 Å². The molecule has 2 fully saturated rings. The van der Waals surface area contributed by atoms with Crippen LogP contribution in [0.4, 0.5) is 4.39 Å². The topological polar surface area (TPSA) is 20.2 Å². The molecule has 2 aliphatic rings. The molecule has 0 aromatic heterocycles. The molecule has 1 aromatic rings. The van der Waals surface area contributed by atoms with E-state index < -0.39 is 0 Å². The zero-order valence-corrected chi connectivity index (χ0v) is 10.4. The van der Waals surface area contributed by atoms with Gasteiger partial charge in [-0.05, 0) is 60.6 Å². The van der Waals surface area contributed by atoms with Crippen LogP contribution >= 0.6 is 11.6 Å². The van der Waals surface area contributed by atoms with Gasteiger partial charge in [0.15, 0.2) is 0 Å². The van der Waals surface area contributed by atoms with E-state index in [4.69, 9.17) is 11.6 Å². The molecule has 2 saturated carbocycles. The first-order chi connectivity index (χ1) is 8.12. The lowest BCUT2D eigenvalue weighted by atomic mass is 9.78. The van der Waals surface area contributed by atoms with Gasteiger partial charge in [0.25, 0.3) is 0 Å². The summed E-state index contributed by atoms with van der Waals surface area (Å²) in [7, 11) is 0. The molecular formula is C14H16ClFO. The highest BCUT2D eigenvalue weighted by atomic mass is 35.5. The average Bonchev–Trinajstić information content (AvgIpc) is 2.91. The standard InChI is InChI=1S/C14H16ClFO/c15-12-2-1-9(13(16)4-12)5-14(8-17)6-10-3-11(10)7-14/h1-2,4,10-11,17H,3,5-8H2. The number of halogens is 2. The Labute approximate surface area is 106 Å². The Hall–Kier alpha value is -0.600. The molecule has 3 rings (SSSR count). The monoisotopic (exact) mass is 254 g/mol. The number of rotatable bonds is 3. The predicted octanol–water partition coefficient (Wildman–Crippen LogP) is 3.43. The first-order valence-corrected chi connectivity index (χ1v) is 6.54. The lowest BCUT2D eigenvalue weighted by Crippen LogP contribution is -2.26. The second-order valence-corrected chi connectivity index (χ2v) is 6.17. The molecule has 0 spiro atoms. The van der Waals surface area contributed by atoms with Crippen molar-refractivity contribution in [1.82, 2.24) is 0 Å². The molecule has 1 N–H and O–H groups in total. The molecule has 3 heteroatoms. The van der Waals surface area contributed by atoms with Crippen LogP contribution in [0.15, 0.2) is 18.2 Å². The smallest absolute Gasteiger partial charge is 0.127 e. The largest absolute Gasteiger partial charge is 0.396 e. The van der Waals surface area contributed by atoms with E-state index in [2.05, 4.69) is 0 Å². The second kappa shape index (κ2) is 3.96. The van der Waals surface area contributed by atoms with E-state index in [1.54, 1.807) is 12.1 Å². The summed E-state index contributed by atoms with van der Waals surface area (Å²) in [5, 5.41) is 10.0. The number of fused-ring (bicyclic) bond motifs is 1. The summed E-state index contributed by atoms with van der Waals surface area (Å²) in [5.74, 6) is 1.33. The molecule has 0 aliphatic heterocycles. The van der Waals surface area contributed by atoms with Crippen molar-refractivity contribution in [2.75, 3.05) is 6.61 Å². The Bertz CT molecular complexity index is 436. The molecule has 1 nitrogen and oxygen atoms in total. The SMILES string of the molecule is OCC1(Cc2ccc(Cl)cc2F)CC2CC2C1. The van der Waals surface area contributed by atoms with Gasteiger partial charge in [-0.1, -0.05) is 17.7 Å². The molecule has 17 heavy (non-hydrogen) atoms. The van der Waals surface area contributed by atoms with Crippen LogP contribution in [0.5, 0.6) is 0 Å². The van der Waals surface area contributed by atoms with Crippen molar-refractivity contribution in [1.29, 1.82) is 0 Å². The third-order valence-corrected chi connectivity index (χ3v) is 4.61. The molecule has 2 unspecified atom stereocenters. The third-order valence-electron chi connectivity index (χ3n) is 4.38. The quantitative estimate of drug-likeness (QED) is 0.876. The molecule has 0 radical (unpaired) electrons. The third kappa shape index (κ3) is 2.09. The van der Waals surface area contributed by atoms with Crippen LogP contribution in [0.2, 0.25) is 5.02 Å². The van der Waals surface area contributed by atoms with Crippen LogP contribution in [-0.2, 0) is 6.42 Å². The summed E-state index contributed by atoms with van der Waals surface area (Å²) in [6, 6.07) is 4.83. The zero-order chi connectivity index (χ0) is 12.0. The molecule has 0 heterocycles. The number of aliphatic hydroxyl groups excluding tert-OH is 1. The molecule has 2 atom stereocenters. The van der Waals surface area contributed by atoms with Gasteiger partial charge < -0.3 is 5.11 Å². The van der Waals surface area contributed by atoms with Crippen molar-refractivity contribution in [3.63, 3.8) is 0 Å². The Kier molecular flexibility index (Phi) is 2.68. The van der Waals surface area contributed by atoms with Crippen LogP contribution < -0.4 is 0 Å². The molecule has 0 amide bonds. The number of hydrogen-bond donors (Lipinski definition) is 1. The summed E-state index contributed by atoms with van der Waals surface area (Å²) < 4.78 is 13.8. The summed E-state index contributed by atoms with van der Waals surface area (Å²) in [4.78, 5) is 0. The van der Waals surface area contributed by atoms with Gasteiger partial charge in [0.05, 0.1) is 0 Å². The summed E-state index contributed by atoms with van der Waals surface area (Å²) >= 11 is 5.74. The van der Waals surface area contributed by atoms with E-state index >= 15 is 0 Å². The van der Waals surface area contributed by atoms with E-state index in [9.17, 15) is 9.50 Å². The van der Waals surface area contributed by atoms with Crippen LogP contribution in [0, 0.1) is 23.1 Å². The van der Waals surface area contributed by atoms with E-state index in [1.165, 1.54) is 12.5 Å². The minimum absolute atomic E-state index is 0.0811. The molecule has 92 valence electrons. The van der Waals surface area contributed by atoms with Crippen LogP contribution in [-0.4, -0.2) is 11.7 Å². The average molecular weight is 255 g/mol. The van der Waals surface area contributed by atoms with E-state index in [1.807, 2.05) is 0 Å². The minimum Gasteiger partial charge on any atom is -0.396 e. The highest BCUT2D eigenvalue weighted by Gasteiger charge is 2.53. The molecule has 2 aliphatic carbocycles. The van der Waals surface area contributed by atoms with E-state index in [-0.39, 0.29) is 17.8 Å². The maximum Gasteiger partial charge on any atom is 0.127 e. The van der Waals surface area contributed by atoms with Crippen molar-refractivity contribution < 1.29 is 9.50 Å². The summed E-state index contributed by atoms with van der Waals surface area (Å²) in [5.41, 5.74) is 0.604. The van der Waals surface area contributed by atoms with Crippen molar-refractivity contribution in [3.05, 3.63) is 34.6 Å². The van der Waals surface area contributed by atoms with Gasteiger partial charge in [-0.3, -0.25) is 0 Å². The fraction of sp³-hybridized carbons (Fsp3) is 0.571. The van der Waals surface area contributed by atoms with Gasteiger partial charge in [0, 0.05) is 11.6 Å². The van der Waals surface area contributed by atoms with E-state index in [0.717, 1.165) is 24.7 Å². The maximum atomic E-state index is 13.8. The molecule has 0 bridgehead atoms. The van der Waals surface area contributed by atoms with Crippen molar-refractivity contribution >= 4 is 11.6 Å². The number of aliphatic hydroxyl groups is 1. The predicted molar refractivity (Wildman–Crippen MR) is 65.5 cm³/mol. The van der Waals surface area contributed by atoms with Crippen LogP contribution in [0.25, 0.3) is 0 Å². The van der Waals surface area contributed by atoms with Crippen molar-refractivity contribution in [2.24, 2.45) is 17.3 Å². The summed E-state index contributed by atoms with van der Waals surface area (Å²) in [6.45, 7) is 0.169. The normalized spacial score (nSPS) is 34.8. The van der Waals surface area contributed by atoms with Gasteiger partial charge in [-0.15, -0.1) is 0 Å². The lowest BCUT2D eigenvalue weighted by Gasteiger charge is -2.28. The molecule has 1 aromatic carbocycles. The van der Waals surface area contributed by atoms with Gasteiger partial charge in [0.2, 0.25) is 0 Å². The minimum atomic E-state index is -0.245. The highest BCUT2D eigenvalue weighted by molar-refractivity contribution is 6.30. The van der Waals surface area contributed by atoms with Crippen molar-refractivity contribution in [2.45, 2.75) is 25.7 Å². The Morgan fingerprint density at radius 1 is 1.35 bits per heavy atom. The zero-order valence-electron chi connectivity index (χ0n) is 9.63. The molecule has 0 saturated heterocycles. The maximum absolute atomic E-state index is 13.8. The first kappa shape index (κ1) is 11.5. The summed E-state index contributed by atoms with van der Waals surface area (Å²) in [6.07, 6.45) is 4.05. The second-order valence-electron chi connectivity index (χ2n) is 5.73. The lowest BCUT2D eigenvalue weighted by molar-refractivity contribution is 0.116. The first-order valence-electron chi connectivity index (χ1n) is 6.17. The Morgan fingerprint density at radius 3 is 2.65 bits per heavy atom. The Morgan fingerprint density at radius 2 is 2.06 bits per heavy atom. The van der Waals surface area contributed by atoms with Gasteiger partial charge >= 0.3 is 0 Å². The van der Waals surface area contributed by atoms with Crippen molar-refractivity contribution in [3.8, 4) is 0 Å². The Balaban J connectivity index is 1.81. The van der Waals surface area contributed by atoms with Crippen LogP contribution in [0.1, 0.15) is 24.8 Å². The van der Waals surface area contributed by atoms with Gasteiger partial charge in [-0.25, -0.2) is 4.39 Å². The fourth-order valence-corrected chi connectivity index (χ4v) is 3.56. The van der Waals surface area contributed by atoms with E-state index in [0.29, 0.717) is 17.0 Å². The fourth-order valence-electron chi connectivity index (χ4n) is 3.40. The highest BCUT2D eigenvalue weighted by Crippen LogP contribution is 2.60.